The van der Waals surface area contributed by atoms with Crippen LogP contribution in [-0.2, 0) is 16.6 Å². The van der Waals surface area contributed by atoms with Crippen molar-refractivity contribution >= 4 is 11.8 Å². The van der Waals surface area contributed by atoms with Gasteiger partial charge in [-0.1, -0.05) is 0 Å². The molecule has 2 atom stereocenters. The summed E-state index contributed by atoms with van der Waals surface area (Å²) in [4.78, 5) is 30.9. The third-order valence-electron chi connectivity index (χ3n) is 6.75. The third-order valence-corrected chi connectivity index (χ3v) is 6.75. The number of rotatable bonds is 6. The van der Waals surface area contributed by atoms with Crippen LogP contribution in [0.2, 0.25) is 0 Å². The van der Waals surface area contributed by atoms with Crippen molar-refractivity contribution in [2.24, 2.45) is 12.5 Å². The summed E-state index contributed by atoms with van der Waals surface area (Å²) < 4.78 is 8.82. The molecule has 2 aliphatic rings. The minimum absolute atomic E-state index is 0.0840. The molecule has 2 fully saturated rings. The predicted octanol–water partition coefficient (Wildman–Crippen LogP) is 1.69. The second-order valence-electron chi connectivity index (χ2n) is 8.92. The van der Waals surface area contributed by atoms with Crippen molar-refractivity contribution in [3.8, 4) is 0 Å². The molecule has 0 radical (unpaired) electrons. The normalized spacial score (nSPS) is 24.0. The Balaban J connectivity index is 1.73. The van der Waals surface area contributed by atoms with Crippen LogP contribution in [0.25, 0.3) is 0 Å². The molecule has 4 heterocycles. The van der Waals surface area contributed by atoms with Gasteiger partial charge in [0, 0.05) is 70.4 Å². The zero-order valence-electron chi connectivity index (χ0n) is 18.8. The number of likely N-dealkylation sites (tertiary alicyclic amines) is 2. The number of aryl methyl sites for hydroxylation is 1. The Morgan fingerprint density at radius 2 is 2.06 bits per heavy atom. The van der Waals surface area contributed by atoms with E-state index in [1.165, 1.54) is 0 Å². The molecule has 0 aromatic carbocycles. The van der Waals surface area contributed by atoms with Crippen LogP contribution in [0.3, 0.4) is 0 Å². The average molecular weight is 429 g/mol. The van der Waals surface area contributed by atoms with Crippen molar-refractivity contribution in [1.29, 1.82) is 0 Å². The van der Waals surface area contributed by atoms with E-state index in [0.717, 1.165) is 25.1 Å². The Kier molecular flexibility index (Phi) is 5.88. The lowest BCUT2D eigenvalue weighted by molar-refractivity contribution is -0.147. The molecule has 168 valence electrons. The molecule has 2 saturated heterocycles. The minimum Gasteiger partial charge on any atom is -0.383 e. The molecule has 1 spiro atoms. The number of carbonyl (C=O) groups is 2. The summed E-state index contributed by atoms with van der Waals surface area (Å²) in [5.74, 6) is -0.0654. The van der Waals surface area contributed by atoms with Crippen LogP contribution in [0, 0.1) is 5.41 Å². The van der Waals surface area contributed by atoms with Gasteiger partial charge in [0.25, 0.3) is 5.91 Å². The van der Waals surface area contributed by atoms with Gasteiger partial charge in [0.2, 0.25) is 5.91 Å². The maximum absolute atomic E-state index is 13.8. The Morgan fingerprint density at radius 3 is 2.74 bits per heavy atom. The number of aromatic nitrogens is 4. The Labute approximate surface area is 182 Å². The van der Waals surface area contributed by atoms with Crippen LogP contribution in [0.1, 0.15) is 54.8 Å². The van der Waals surface area contributed by atoms with Crippen molar-refractivity contribution in [1.82, 2.24) is 29.4 Å². The van der Waals surface area contributed by atoms with Crippen LogP contribution in [-0.4, -0.2) is 81.1 Å². The summed E-state index contributed by atoms with van der Waals surface area (Å²) in [7, 11) is 3.42. The second-order valence-corrected chi connectivity index (χ2v) is 8.92. The monoisotopic (exact) mass is 428 g/mol. The highest BCUT2D eigenvalue weighted by Crippen LogP contribution is 2.50. The fourth-order valence-electron chi connectivity index (χ4n) is 5.21. The molecule has 0 saturated carbocycles. The summed E-state index contributed by atoms with van der Waals surface area (Å²) in [5.41, 5.74) is 0.914. The van der Waals surface area contributed by atoms with Crippen LogP contribution >= 0.6 is 0 Å². The van der Waals surface area contributed by atoms with Gasteiger partial charge in [0.1, 0.15) is 5.69 Å². The topological polar surface area (TPSA) is 85.5 Å². The van der Waals surface area contributed by atoms with E-state index in [1.807, 2.05) is 20.5 Å². The van der Waals surface area contributed by atoms with E-state index in [4.69, 9.17) is 4.74 Å². The lowest BCUT2D eigenvalue weighted by Gasteiger charge is -2.42. The van der Waals surface area contributed by atoms with Gasteiger partial charge in [-0.05, 0) is 38.8 Å². The molecule has 0 bridgehead atoms. The van der Waals surface area contributed by atoms with Crippen LogP contribution in [0.15, 0.2) is 24.5 Å². The van der Waals surface area contributed by atoms with Crippen molar-refractivity contribution < 1.29 is 14.3 Å². The fraction of sp³-hybridized carbons (Fsp3) is 0.636. The first-order valence-corrected chi connectivity index (χ1v) is 11.0. The molecule has 0 N–H and O–H groups in total. The summed E-state index contributed by atoms with van der Waals surface area (Å²) >= 11 is 0. The van der Waals surface area contributed by atoms with Gasteiger partial charge in [-0.15, -0.1) is 0 Å². The number of carbonyl (C=O) groups excluding carboxylic acids is 2. The standard InChI is InChI=1S/C22H32N6O3/c1-16(2)28-18(6-10-24-28)17-14-27(20(29)19-7-9-23-25(19)3)15-22(17)8-5-11-26(21(22)30)12-13-31-4/h6-7,9-10,16-17H,5,8,11-15H2,1-4H3/t17-,22+/m0/s1. The quantitative estimate of drug-likeness (QED) is 0.699. The molecule has 0 aliphatic carbocycles. The number of amides is 2. The number of hydrogen-bond acceptors (Lipinski definition) is 5. The average Bonchev–Trinajstić information content (AvgIpc) is 3.47. The Morgan fingerprint density at radius 1 is 1.29 bits per heavy atom. The summed E-state index contributed by atoms with van der Waals surface area (Å²) in [6.45, 7) is 6.89. The van der Waals surface area contributed by atoms with E-state index in [1.54, 1.807) is 37.3 Å². The highest BCUT2D eigenvalue weighted by molar-refractivity contribution is 5.94. The van der Waals surface area contributed by atoms with E-state index in [0.29, 0.717) is 31.9 Å². The van der Waals surface area contributed by atoms with E-state index < -0.39 is 5.41 Å². The molecule has 0 unspecified atom stereocenters. The minimum atomic E-state index is -0.646. The van der Waals surface area contributed by atoms with E-state index in [9.17, 15) is 9.59 Å². The molecule has 31 heavy (non-hydrogen) atoms. The highest BCUT2D eigenvalue weighted by atomic mass is 16.5. The largest absolute Gasteiger partial charge is 0.383 e. The predicted molar refractivity (Wildman–Crippen MR) is 115 cm³/mol. The lowest BCUT2D eigenvalue weighted by Crippen LogP contribution is -2.53. The summed E-state index contributed by atoms with van der Waals surface area (Å²) in [5, 5.41) is 8.67. The van der Waals surface area contributed by atoms with Crippen molar-refractivity contribution in [3.05, 3.63) is 35.9 Å². The van der Waals surface area contributed by atoms with Gasteiger partial charge >= 0.3 is 0 Å². The van der Waals surface area contributed by atoms with Crippen LogP contribution in [0.5, 0.6) is 0 Å². The third kappa shape index (κ3) is 3.64. The van der Waals surface area contributed by atoms with Gasteiger partial charge in [-0.3, -0.25) is 19.0 Å². The van der Waals surface area contributed by atoms with E-state index in [2.05, 4.69) is 24.0 Å². The molecule has 9 nitrogen and oxygen atoms in total. The first-order valence-electron chi connectivity index (χ1n) is 11.0. The van der Waals surface area contributed by atoms with Gasteiger partial charge < -0.3 is 14.5 Å². The second kappa shape index (κ2) is 8.45. The smallest absolute Gasteiger partial charge is 0.272 e. The molecular formula is C22H32N6O3. The molecule has 9 heteroatoms. The Hall–Kier alpha value is -2.68. The number of nitrogens with zero attached hydrogens (tertiary/aromatic N) is 6. The number of ether oxygens (including phenoxy) is 1. The molecular weight excluding hydrogens is 396 g/mol. The van der Waals surface area contributed by atoms with Crippen LogP contribution in [0.4, 0.5) is 0 Å². The number of hydrogen-bond donors (Lipinski definition) is 0. The lowest BCUT2D eigenvalue weighted by atomic mass is 9.70. The Bertz CT molecular complexity index is 951. The van der Waals surface area contributed by atoms with Gasteiger partial charge in [-0.2, -0.15) is 10.2 Å². The number of piperidine rings is 1. The molecule has 2 aromatic rings. The van der Waals surface area contributed by atoms with Crippen molar-refractivity contribution in [2.75, 3.05) is 39.9 Å². The first kappa shape index (κ1) is 21.5. The molecule has 2 aromatic heterocycles. The molecule has 2 aliphatic heterocycles. The van der Waals surface area contributed by atoms with Gasteiger partial charge in [0.15, 0.2) is 0 Å². The number of methoxy groups -OCH3 is 1. The van der Waals surface area contributed by atoms with Crippen molar-refractivity contribution in [2.45, 2.75) is 38.6 Å². The molecule has 2 amide bonds. The van der Waals surface area contributed by atoms with E-state index in [-0.39, 0.29) is 23.8 Å². The highest BCUT2D eigenvalue weighted by Gasteiger charge is 2.57. The van der Waals surface area contributed by atoms with Gasteiger partial charge in [0.05, 0.1) is 12.0 Å². The maximum atomic E-state index is 13.8. The van der Waals surface area contributed by atoms with Crippen LogP contribution < -0.4 is 0 Å². The molecule has 4 rings (SSSR count). The van der Waals surface area contributed by atoms with E-state index >= 15 is 0 Å². The summed E-state index contributed by atoms with van der Waals surface area (Å²) in [6.07, 6.45) is 5.10. The van der Waals surface area contributed by atoms with Gasteiger partial charge in [-0.25, -0.2) is 0 Å². The summed E-state index contributed by atoms with van der Waals surface area (Å²) in [6, 6.07) is 3.91. The zero-order chi connectivity index (χ0) is 22.2. The first-order chi connectivity index (χ1) is 14.9. The van der Waals surface area contributed by atoms with Crippen molar-refractivity contribution in [3.63, 3.8) is 0 Å². The SMILES string of the molecule is COCCN1CCC[C@]2(CN(C(=O)c3ccnn3C)C[C@H]2c2ccnn2C(C)C)C1=O. The fourth-order valence-corrected chi connectivity index (χ4v) is 5.21. The maximum Gasteiger partial charge on any atom is 0.272 e. The zero-order valence-corrected chi connectivity index (χ0v) is 18.8.